The Kier molecular flexibility index (Phi) is 5.71. The largest absolute Gasteiger partial charge is 0.495 e. The van der Waals surface area contributed by atoms with Crippen molar-refractivity contribution >= 4 is 23.2 Å². The molecule has 0 bridgehead atoms. The molecule has 0 aromatic heterocycles. The zero-order valence-electron chi connectivity index (χ0n) is 13.1. The van der Waals surface area contributed by atoms with Gasteiger partial charge in [-0.2, -0.15) is 0 Å². The van der Waals surface area contributed by atoms with Crippen molar-refractivity contribution in [3.8, 4) is 17.2 Å². The zero-order chi connectivity index (χ0) is 16.8. The molecule has 0 heterocycles. The van der Waals surface area contributed by atoms with E-state index in [0.29, 0.717) is 28.0 Å². The first-order chi connectivity index (χ1) is 11.0. The Hall–Kier alpha value is -2.40. The summed E-state index contributed by atoms with van der Waals surface area (Å²) in [6.45, 7) is 1.66. The molecule has 1 atom stereocenters. The van der Waals surface area contributed by atoms with Gasteiger partial charge < -0.3 is 19.5 Å². The van der Waals surface area contributed by atoms with Crippen molar-refractivity contribution < 1.29 is 19.0 Å². The minimum atomic E-state index is -0.702. The number of hydrogen-bond donors (Lipinski definition) is 1. The van der Waals surface area contributed by atoms with Crippen LogP contribution in [0.15, 0.2) is 42.5 Å². The Morgan fingerprint density at radius 1 is 1.04 bits per heavy atom. The Labute approximate surface area is 140 Å². The smallest absolute Gasteiger partial charge is 0.265 e. The van der Waals surface area contributed by atoms with Crippen molar-refractivity contribution in [2.45, 2.75) is 13.0 Å². The normalized spacial score (nSPS) is 11.5. The number of halogens is 1. The molecule has 0 aliphatic rings. The fraction of sp³-hybridized carbons (Fsp3) is 0.235. The van der Waals surface area contributed by atoms with Crippen LogP contribution in [0.25, 0.3) is 0 Å². The van der Waals surface area contributed by atoms with E-state index in [-0.39, 0.29) is 5.91 Å². The van der Waals surface area contributed by atoms with Crippen LogP contribution in [0.4, 0.5) is 5.69 Å². The molecule has 0 spiro atoms. The Morgan fingerprint density at radius 3 is 2.30 bits per heavy atom. The van der Waals surface area contributed by atoms with Crippen molar-refractivity contribution in [3.63, 3.8) is 0 Å². The van der Waals surface area contributed by atoms with Crippen LogP contribution >= 0.6 is 11.6 Å². The Morgan fingerprint density at radius 2 is 1.70 bits per heavy atom. The lowest BCUT2D eigenvalue weighted by atomic mass is 10.2. The van der Waals surface area contributed by atoms with Gasteiger partial charge in [-0.15, -0.1) is 0 Å². The molecular formula is C17H18ClNO4. The van der Waals surface area contributed by atoms with Crippen molar-refractivity contribution in [2.24, 2.45) is 0 Å². The molecule has 5 nitrogen and oxygen atoms in total. The van der Waals surface area contributed by atoms with E-state index in [1.807, 2.05) is 12.1 Å². The van der Waals surface area contributed by atoms with Crippen molar-refractivity contribution in [1.82, 2.24) is 0 Å². The summed E-state index contributed by atoms with van der Waals surface area (Å²) in [4.78, 5) is 12.2. The highest BCUT2D eigenvalue weighted by Gasteiger charge is 2.17. The minimum Gasteiger partial charge on any atom is -0.495 e. The summed E-state index contributed by atoms with van der Waals surface area (Å²) in [5.41, 5.74) is 0.566. The van der Waals surface area contributed by atoms with Crippen molar-refractivity contribution in [1.29, 1.82) is 0 Å². The molecule has 0 aliphatic heterocycles. The standard InChI is InChI=1S/C17H18ClNO4/c1-11(23-16-7-5-4-6-15(16)22-3)17(20)19-12-8-9-14(21-2)13(18)10-12/h4-11H,1-3H3,(H,19,20). The molecule has 2 aromatic rings. The fourth-order valence-electron chi connectivity index (χ4n) is 1.95. The van der Waals surface area contributed by atoms with Crippen LogP contribution in [0.2, 0.25) is 5.02 Å². The second-order valence-electron chi connectivity index (χ2n) is 4.75. The molecule has 1 N–H and O–H groups in total. The van der Waals surface area contributed by atoms with Crippen molar-refractivity contribution in [2.75, 3.05) is 19.5 Å². The van der Waals surface area contributed by atoms with Crippen LogP contribution in [0.3, 0.4) is 0 Å². The number of carbonyl (C=O) groups is 1. The maximum atomic E-state index is 12.2. The summed E-state index contributed by atoms with van der Waals surface area (Å²) in [7, 11) is 3.08. The molecule has 2 rings (SSSR count). The third kappa shape index (κ3) is 4.29. The van der Waals surface area contributed by atoms with E-state index >= 15 is 0 Å². The average Bonchev–Trinajstić information content (AvgIpc) is 2.55. The molecule has 0 saturated heterocycles. The average molecular weight is 336 g/mol. The van der Waals surface area contributed by atoms with E-state index in [4.69, 9.17) is 25.8 Å². The van der Waals surface area contributed by atoms with Gasteiger partial charge >= 0.3 is 0 Å². The predicted molar refractivity (Wildman–Crippen MR) is 89.7 cm³/mol. The van der Waals surface area contributed by atoms with E-state index in [1.54, 1.807) is 44.4 Å². The molecule has 0 radical (unpaired) electrons. The molecule has 0 saturated carbocycles. The lowest BCUT2D eigenvalue weighted by molar-refractivity contribution is -0.122. The highest BCUT2D eigenvalue weighted by Crippen LogP contribution is 2.28. The number of hydrogen-bond acceptors (Lipinski definition) is 4. The molecule has 1 unspecified atom stereocenters. The minimum absolute atomic E-state index is 0.294. The van der Waals surface area contributed by atoms with E-state index in [0.717, 1.165) is 0 Å². The second-order valence-corrected chi connectivity index (χ2v) is 5.16. The van der Waals surface area contributed by atoms with Crippen LogP contribution in [0.5, 0.6) is 17.2 Å². The number of anilines is 1. The van der Waals surface area contributed by atoms with Crippen LogP contribution < -0.4 is 19.5 Å². The maximum absolute atomic E-state index is 12.2. The first-order valence-electron chi connectivity index (χ1n) is 6.99. The SMILES string of the molecule is COc1ccc(NC(=O)C(C)Oc2ccccc2OC)cc1Cl. The molecule has 6 heteroatoms. The lowest BCUT2D eigenvalue weighted by Crippen LogP contribution is -2.30. The predicted octanol–water partition coefficient (Wildman–Crippen LogP) is 3.76. The summed E-state index contributed by atoms with van der Waals surface area (Å²) in [6, 6.07) is 12.2. The molecule has 0 fully saturated rings. The van der Waals surface area contributed by atoms with Gasteiger partial charge in [0, 0.05) is 5.69 Å². The Balaban J connectivity index is 2.04. The van der Waals surface area contributed by atoms with Crippen LogP contribution in [0.1, 0.15) is 6.92 Å². The highest BCUT2D eigenvalue weighted by atomic mass is 35.5. The van der Waals surface area contributed by atoms with Gasteiger partial charge in [0.15, 0.2) is 17.6 Å². The second kappa shape index (κ2) is 7.74. The van der Waals surface area contributed by atoms with E-state index in [9.17, 15) is 4.79 Å². The summed E-state index contributed by atoms with van der Waals surface area (Å²) < 4.78 is 15.9. The van der Waals surface area contributed by atoms with E-state index in [2.05, 4.69) is 5.32 Å². The number of amides is 1. The first-order valence-corrected chi connectivity index (χ1v) is 7.37. The van der Waals surface area contributed by atoms with Gasteiger partial charge in [0.05, 0.1) is 19.2 Å². The number of methoxy groups -OCH3 is 2. The molecule has 122 valence electrons. The topological polar surface area (TPSA) is 56.8 Å². The third-order valence-corrected chi connectivity index (χ3v) is 3.46. The Bertz CT molecular complexity index is 690. The molecular weight excluding hydrogens is 318 g/mol. The van der Waals surface area contributed by atoms with Gasteiger partial charge in [-0.1, -0.05) is 23.7 Å². The molecule has 2 aromatic carbocycles. The lowest BCUT2D eigenvalue weighted by Gasteiger charge is -2.17. The van der Waals surface area contributed by atoms with Gasteiger partial charge in [-0.05, 0) is 37.3 Å². The summed E-state index contributed by atoms with van der Waals surface area (Å²) in [5.74, 6) is 1.32. The number of nitrogens with one attached hydrogen (secondary N) is 1. The van der Waals surface area contributed by atoms with Crippen LogP contribution in [0, 0.1) is 0 Å². The quantitative estimate of drug-likeness (QED) is 0.873. The van der Waals surface area contributed by atoms with E-state index in [1.165, 1.54) is 7.11 Å². The summed E-state index contributed by atoms with van der Waals surface area (Å²) in [6.07, 6.45) is -0.702. The highest BCUT2D eigenvalue weighted by molar-refractivity contribution is 6.32. The molecule has 0 aliphatic carbocycles. The number of ether oxygens (including phenoxy) is 3. The zero-order valence-corrected chi connectivity index (χ0v) is 13.9. The number of carbonyl (C=O) groups excluding carboxylic acids is 1. The van der Waals surface area contributed by atoms with Crippen LogP contribution in [-0.4, -0.2) is 26.2 Å². The van der Waals surface area contributed by atoms with Crippen molar-refractivity contribution in [3.05, 3.63) is 47.5 Å². The first kappa shape index (κ1) is 17.0. The van der Waals surface area contributed by atoms with E-state index < -0.39 is 6.10 Å². The number of para-hydroxylation sites is 2. The molecule has 1 amide bonds. The van der Waals surface area contributed by atoms with Gasteiger partial charge in [0.25, 0.3) is 5.91 Å². The van der Waals surface area contributed by atoms with Crippen LogP contribution in [-0.2, 0) is 4.79 Å². The van der Waals surface area contributed by atoms with Gasteiger partial charge in [0.2, 0.25) is 0 Å². The van der Waals surface area contributed by atoms with Gasteiger partial charge in [0.1, 0.15) is 5.75 Å². The maximum Gasteiger partial charge on any atom is 0.265 e. The monoisotopic (exact) mass is 335 g/mol. The van der Waals surface area contributed by atoms with Gasteiger partial charge in [-0.25, -0.2) is 0 Å². The fourth-order valence-corrected chi connectivity index (χ4v) is 2.21. The third-order valence-electron chi connectivity index (χ3n) is 3.16. The summed E-state index contributed by atoms with van der Waals surface area (Å²) in [5, 5.41) is 3.17. The number of rotatable bonds is 6. The number of benzene rings is 2. The summed E-state index contributed by atoms with van der Waals surface area (Å²) >= 11 is 6.04. The molecule has 23 heavy (non-hydrogen) atoms. The van der Waals surface area contributed by atoms with Gasteiger partial charge in [-0.3, -0.25) is 4.79 Å².